The minimum atomic E-state index is 0.946. The number of allylic oxidation sites excluding steroid dienone is 3. The second kappa shape index (κ2) is 5.99. The minimum absolute atomic E-state index is 0.946. The molecule has 0 aromatic carbocycles. The Hall–Kier alpha value is -1.72. The van der Waals surface area contributed by atoms with Gasteiger partial charge in [0.1, 0.15) is 11.5 Å². The lowest BCUT2D eigenvalue weighted by Crippen LogP contribution is -1.77. The summed E-state index contributed by atoms with van der Waals surface area (Å²) in [5.41, 5.74) is 5.01. The molecule has 0 bridgehead atoms. The number of hydrogen-bond donors (Lipinski definition) is 0. The van der Waals surface area contributed by atoms with Crippen LogP contribution >= 0.6 is 0 Å². The van der Waals surface area contributed by atoms with Crippen molar-refractivity contribution in [3.8, 4) is 0 Å². The third-order valence-corrected chi connectivity index (χ3v) is 2.35. The number of furan rings is 1. The summed E-state index contributed by atoms with van der Waals surface area (Å²) in [5.74, 6) is 1.91. The van der Waals surface area contributed by atoms with Crippen LogP contribution in [0.1, 0.15) is 36.0 Å². The van der Waals surface area contributed by atoms with Crippen LogP contribution in [0.25, 0.3) is 12.2 Å². The van der Waals surface area contributed by atoms with Gasteiger partial charge in [-0.3, -0.25) is 0 Å². The van der Waals surface area contributed by atoms with Gasteiger partial charge in [-0.05, 0) is 26.3 Å². The van der Waals surface area contributed by atoms with Crippen LogP contribution in [0, 0.1) is 13.8 Å². The lowest BCUT2D eigenvalue weighted by molar-refractivity contribution is 0.503. The van der Waals surface area contributed by atoms with Crippen molar-refractivity contribution in [3.05, 3.63) is 53.2 Å². The molecular formula is C15H18O. The second-order valence-electron chi connectivity index (χ2n) is 3.58. The monoisotopic (exact) mass is 214 g/mol. The first-order valence-electron chi connectivity index (χ1n) is 5.49. The Morgan fingerprint density at radius 1 is 1.19 bits per heavy atom. The molecule has 0 saturated heterocycles. The van der Waals surface area contributed by atoms with E-state index in [9.17, 15) is 0 Å². The van der Waals surface area contributed by atoms with E-state index in [1.165, 1.54) is 0 Å². The molecule has 1 aromatic rings. The summed E-state index contributed by atoms with van der Waals surface area (Å²) in [6, 6.07) is 0. The molecule has 1 heteroatoms. The summed E-state index contributed by atoms with van der Waals surface area (Å²) in [6.45, 7) is 9.61. The fourth-order valence-corrected chi connectivity index (χ4v) is 1.58. The summed E-state index contributed by atoms with van der Waals surface area (Å²) < 4.78 is 5.62. The van der Waals surface area contributed by atoms with Gasteiger partial charge in [-0.1, -0.05) is 37.8 Å². The van der Waals surface area contributed by atoms with E-state index in [4.69, 9.17) is 4.42 Å². The average molecular weight is 214 g/mol. The van der Waals surface area contributed by atoms with E-state index < -0.39 is 0 Å². The summed E-state index contributed by atoms with van der Waals surface area (Å²) in [4.78, 5) is 0. The third-order valence-electron chi connectivity index (χ3n) is 2.35. The van der Waals surface area contributed by atoms with Crippen LogP contribution in [0.4, 0.5) is 0 Å². The van der Waals surface area contributed by atoms with Gasteiger partial charge in [0.2, 0.25) is 0 Å². The smallest absolute Gasteiger partial charge is 0.108 e. The van der Waals surface area contributed by atoms with Gasteiger partial charge in [-0.15, -0.1) is 5.73 Å². The Morgan fingerprint density at radius 2 is 1.81 bits per heavy atom. The zero-order valence-electron chi connectivity index (χ0n) is 10.2. The Kier molecular flexibility index (Phi) is 4.63. The highest BCUT2D eigenvalue weighted by atomic mass is 16.3. The van der Waals surface area contributed by atoms with Crippen molar-refractivity contribution < 1.29 is 4.42 Å². The second-order valence-corrected chi connectivity index (χ2v) is 3.58. The Balaban J connectivity index is 3.14. The van der Waals surface area contributed by atoms with E-state index in [0.717, 1.165) is 29.1 Å². The highest BCUT2D eigenvalue weighted by Crippen LogP contribution is 2.24. The Morgan fingerprint density at radius 3 is 2.38 bits per heavy atom. The van der Waals surface area contributed by atoms with Crippen LogP contribution < -0.4 is 0 Å². The summed E-state index contributed by atoms with van der Waals surface area (Å²) in [5, 5.41) is 0. The van der Waals surface area contributed by atoms with Crippen molar-refractivity contribution in [3.63, 3.8) is 0 Å². The van der Waals surface area contributed by atoms with E-state index in [-0.39, 0.29) is 0 Å². The first kappa shape index (κ1) is 12.4. The van der Waals surface area contributed by atoms with Crippen molar-refractivity contribution in [2.45, 2.75) is 27.2 Å². The molecule has 0 N–H and O–H groups in total. The predicted octanol–water partition coefficient (Wildman–Crippen LogP) is 4.67. The normalized spacial score (nSPS) is 11.2. The van der Waals surface area contributed by atoms with Gasteiger partial charge in [0.25, 0.3) is 0 Å². The van der Waals surface area contributed by atoms with Crippen LogP contribution in [0.2, 0.25) is 0 Å². The van der Waals surface area contributed by atoms with Crippen LogP contribution in [-0.4, -0.2) is 0 Å². The fourth-order valence-electron chi connectivity index (χ4n) is 1.58. The summed E-state index contributed by atoms with van der Waals surface area (Å²) in [7, 11) is 0. The molecular weight excluding hydrogens is 196 g/mol. The molecule has 1 nitrogen and oxygen atoms in total. The highest BCUT2D eigenvalue weighted by Gasteiger charge is 2.09. The fraction of sp³-hybridized carbons (Fsp3) is 0.267. The van der Waals surface area contributed by atoms with E-state index in [2.05, 4.69) is 31.4 Å². The summed E-state index contributed by atoms with van der Waals surface area (Å²) >= 11 is 0. The van der Waals surface area contributed by atoms with Crippen molar-refractivity contribution >= 4 is 12.2 Å². The van der Waals surface area contributed by atoms with Gasteiger partial charge in [-0.25, -0.2) is 0 Å². The molecule has 0 aliphatic carbocycles. The molecule has 0 atom stereocenters. The largest absolute Gasteiger partial charge is 0.465 e. The predicted molar refractivity (Wildman–Crippen MR) is 70.3 cm³/mol. The molecule has 16 heavy (non-hydrogen) atoms. The topological polar surface area (TPSA) is 13.1 Å². The van der Waals surface area contributed by atoms with Crippen molar-refractivity contribution in [2.75, 3.05) is 0 Å². The quantitative estimate of drug-likeness (QED) is 0.524. The van der Waals surface area contributed by atoms with Crippen molar-refractivity contribution in [1.29, 1.82) is 0 Å². The third kappa shape index (κ3) is 2.88. The lowest BCUT2D eigenvalue weighted by atomic mass is 10.1. The first-order valence-corrected chi connectivity index (χ1v) is 5.49. The molecule has 1 heterocycles. The van der Waals surface area contributed by atoms with Gasteiger partial charge < -0.3 is 4.42 Å². The molecule has 84 valence electrons. The average Bonchev–Trinajstić information content (AvgIpc) is 2.52. The van der Waals surface area contributed by atoms with Crippen molar-refractivity contribution in [1.82, 2.24) is 0 Å². The molecule has 0 radical (unpaired) electrons. The zero-order chi connectivity index (χ0) is 12.0. The van der Waals surface area contributed by atoms with Crippen LogP contribution in [0.15, 0.2) is 35.0 Å². The first-order chi connectivity index (χ1) is 7.70. The van der Waals surface area contributed by atoms with Gasteiger partial charge in [0.15, 0.2) is 0 Å². The molecule has 1 rings (SSSR count). The lowest BCUT2D eigenvalue weighted by Gasteiger charge is -1.93. The maximum absolute atomic E-state index is 5.62. The van der Waals surface area contributed by atoms with Gasteiger partial charge in [0.05, 0.1) is 0 Å². The van der Waals surface area contributed by atoms with E-state index in [1.807, 2.05) is 26.0 Å². The molecule has 0 amide bonds. The molecule has 0 fully saturated rings. The SMILES string of the molecule is C=C=C/C=C\c1c(C)oc(C)c1/C=C\CC. The maximum Gasteiger partial charge on any atom is 0.108 e. The molecule has 0 saturated carbocycles. The molecule has 0 unspecified atom stereocenters. The standard InChI is InChI=1S/C15H18O/c1-5-7-9-11-15-13(4)16-12(3)14(15)10-8-6-2/h7-11H,1,6H2,2-4H3/b10-8-,11-9-. The Labute approximate surface area is 97.5 Å². The maximum atomic E-state index is 5.62. The molecule has 0 spiro atoms. The number of aryl methyl sites for hydroxylation is 2. The minimum Gasteiger partial charge on any atom is -0.465 e. The Bertz CT molecular complexity index is 452. The number of hydrogen-bond acceptors (Lipinski definition) is 1. The van der Waals surface area contributed by atoms with Crippen LogP contribution in [-0.2, 0) is 0 Å². The van der Waals surface area contributed by atoms with Gasteiger partial charge in [-0.2, -0.15) is 0 Å². The molecule has 0 aliphatic rings. The summed E-state index contributed by atoms with van der Waals surface area (Å²) in [6.07, 6.45) is 11.0. The van der Waals surface area contributed by atoms with Gasteiger partial charge in [0, 0.05) is 11.1 Å². The zero-order valence-corrected chi connectivity index (χ0v) is 10.2. The molecule has 0 aliphatic heterocycles. The molecule has 1 aromatic heterocycles. The van der Waals surface area contributed by atoms with Crippen molar-refractivity contribution in [2.24, 2.45) is 0 Å². The van der Waals surface area contributed by atoms with Crippen LogP contribution in [0.5, 0.6) is 0 Å². The van der Waals surface area contributed by atoms with E-state index in [1.54, 1.807) is 6.08 Å². The highest BCUT2D eigenvalue weighted by molar-refractivity contribution is 5.68. The number of rotatable bonds is 4. The van der Waals surface area contributed by atoms with E-state index in [0.29, 0.717) is 0 Å². The van der Waals surface area contributed by atoms with E-state index >= 15 is 0 Å². The van der Waals surface area contributed by atoms with Gasteiger partial charge >= 0.3 is 0 Å². The van der Waals surface area contributed by atoms with Crippen LogP contribution in [0.3, 0.4) is 0 Å².